The molecule has 12 aromatic rings. The van der Waals surface area contributed by atoms with E-state index in [0.717, 1.165) is 44.6 Å². The minimum absolute atomic E-state index is 0.862. The Hall–Kier alpha value is -8.46. The highest BCUT2D eigenvalue weighted by atomic mass is 16.3. The topological polar surface area (TPSA) is 16.4 Å². The van der Waals surface area contributed by atoms with E-state index in [0.29, 0.717) is 0 Å². The van der Waals surface area contributed by atoms with Crippen molar-refractivity contribution in [1.29, 1.82) is 0 Å². The third-order valence-corrected chi connectivity index (χ3v) is 12.7. The Morgan fingerprint density at radius 2 is 0.703 bits per heavy atom. The van der Waals surface area contributed by atoms with Crippen LogP contribution in [0.5, 0.6) is 0 Å². The molecule has 2 heteroatoms. The first-order valence-corrected chi connectivity index (χ1v) is 21.9. The molecular formula is C62H41NO. The SMILES string of the molecule is c1ccc(-c2ccccc2-c2ccccc2-c2ccccc2-c2ccc(N(c3ccc(-c4cc5ccccc5c5ccccc45)cc3)c3cccc4oc5ccccc5c34)cc2)cc1. The second-order valence-electron chi connectivity index (χ2n) is 16.4. The summed E-state index contributed by atoms with van der Waals surface area (Å²) in [5.74, 6) is 0. The van der Waals surface area contributed by atoms with E-state index in [1.165, 1.54) is 71.6 Å². The third kappa shape index (κ3) is 6.44. The lowest BCUT2D eigenvalue weighted by Crippen LogP contribution is -2.10. The van der Waals surface area contributed by atoms with E-state index >= 15 is 0 Å². The summed E-state index contributed by atoms with van der Waals surface area (Å²) in [6.07, 6.45) is 0. The quantitative estimate of drug-likeness (QED) is 0.142. The molecule has 0 aliphatic rings. The minimum atomic E-state index is 0.862. The molecule has 12 rings (SSSR count). The minimum Gasteiger partial charge on any atom is -0.456 e. The van der Waals surface area contributed by atoms with E-state index in [4.69, 9.17) is 4.42 Å². The summed E-state index contributed by atoms with van der Waals surface area (Å²) in [6, 6.07) is 89.6. The predicted molar refractivity (Wildman–Crippen MR) is 271 cm³/mol. The van der Waals surface area contributed by atoms with Gasteiger partial charge in [0.05, 0.1) is 11.1 Å². The Morgan fingerprint density at radius 1 is 0.266 bits per heavy atom. The average molecular weight is 816 g/mol. The lowest BCUT2D eigenvalue weighted by Gasteiger charge is -2.27. The molecule has 0 unspecified atom stereocenters. The van der Waals surface area contributed by atoms with Crippen molar-refractivity contribution in [3.05, 3.63) is 249 Å². The molecule has 0 saturated heterocycles. The standard InChI is InChI=1S/C62H41NO/c1-2-17-42(18-3-1)48-20-6-8-23-51(48)54-26-11-12-27-55(54)52-24-9-7-21-49(52)43-33-37-46(38-34-43)63(59-30-16-32-61-62(59)57-29-14-15-31-60(57)64-61)47-39-35-44(36-40-47)58-41-45-19-4-5-22-50(45)53-25-10-13-28-56(53)58/h1-41H. The average Bonchev–Trinajstić information content (AvgIpc) is 3.76. The maximum atomic E-state index is 6.45. The van der Waals surface area contributed by atoms with Crippen molar-refractivity contribution in [2.45, 2.75) is 0 Å². The van der Waals surface area contributed by atoms with Gasteiger partial charge < -0.3 is 9.32 Å². The highest BCUT2D eigenvalue weighted by Gasteiger charge is 2.21. The molecule has 0 radical (unpaired) electrons. The van der Waals surface area contributed by atoms with Crippen LogP contribution in [-0.2, 0) is 0 Å². The number of rotatable bonds is 8. The number of hydrogen-bond acceptors (Lipinski definition) is 2. The molecule has 1 aromatic heterocycles. The second kappa shape index (κ2) is 15.8. The zero-order valence-electron chi connectivity index (χ0n) is 35.0. The van der Waals surface area contributed by atoms with Gasteiger partial charge in [-0.1, -0.05) is 200 Å². The van der Waals surface area contributed by atoms with Gasteiger partial charge in [0.2, 0.25) is 0 Å². The van der Waals surface area contributed by atoms with Crippen LogP contribution < -0.4 is 4.90 Å². The van der Waals surface area contributed by atoms with Crippen LogP contribution in [0.1, 0.15) is 0 Å². The highest BCUT2D eigenvalue weighted by Crippen LogP contribution is 2.46. The largest absolute Gasteiger partial charge is 0.456 e. The maximum Gasteiger partial charge on any atom is 0.137 e. The van der Waals surface area contributed by atoms with Crippen molar-refractivity contribution in [3.8, 4) is 55.6 Å². The molecule has 64 heavy (non-hydrogen) atoms. The number of benzene rings is 11. The van der Waals surface area contributed by atoms with Crippen molar-refractivity contribution in [2.24, 2.45) is 0 Å². The summed E-state index contributed by atoms with van der Waals surface area (Å²) in [7, 11) is 0. The van der Waals surface area contributed by atoms with Gasteiger partial charge in [0.15, 0.2) is 0 Å². The van der Waals surface area contributed by atoms with Crippen LogP contribution in [0.2, 0.25) is 0 Å². The van der Waals surface area contributed by atoms with E-state index in [2.05, 4.69) is 248 Å². The van der Waals surface area contributed by atoms with Crippen LogP contribution in [0.15, 0.2) is 253 Å². The fourth-order valence-electron chi connectivity index (χ4n) is 9.75. The number of hydrogen-bond donors (Lipinski definition) is 0. The Bertz CT molecular complexity index is 3660. The summed E-state index contributed by atoms with van der Waals surface area (Å²) < 4.78 is 6.45. The molecule has 0 bridgehead atoms. The molecule has 11 aromatic carbocycles. The van der Waals surface area contributed by atoms with E-state index < -0.39 is 0 Å². The normalized spacial score (nSPS) is 11.4. The van der Waals surface area contributed by atoms with Crippen molar-refractivity contribution in [1.82, 2.24) is 0 Å². The molecule has 300 valence electrons. The van der Waals surface area contributed by atoms with E-state index in [-0.39, 0.29) is 0 Å². The molecular weight excluding hydrogens is 775 g/mol. The van der Waals surface area contributed by atoms with Crippen molar-refractivity contribution < 1.29 is 4.42 Å². The Kier molecular flexibility index (Phi) is 9.20. The smallest absolute Gasteiger partial charge is 0.137 e. The summed E-state index contributed by atoms with van der Waals surface area (Å²) in [5, 5.41) is 7.21. The lowest BCUT2D eigenvalue weighted by molar-refractivity contribution is 0.669. The molecule has 0 atom stereocenters. The number of anilines is 3. The third-order valence-electron chi connectivity index (χ3n) is 12.7. The van der Waals surface area contributed by atoms with E-state index in [1.807, 2.05) is 6.07 Å². The van der Waals surface area contributed by atoms with Crippen molar-refractivity contribution >= 4 is 60.5 Å². The van der Waals surface area contributed by atoms with Crippen LogP contribution in [0.3, 0.4) is 0 Å². The number of fused-ring (bicyclic) bond motifs is 6. The van der Waals surface area contributed by atoms with Crippen molar-refractivity contribution in [3.63, 3.8) is 0 Å². The van der Waals surface area contributed by atoms with E-state index in [9.17, 15) is 0 Å². The number of para-hydroxylation sites is 1. The lowest BCUT2D eigenvalue weighted by atomic mass is 9.87. The summed E-state index contributed by atoms with van der Waals surface area (Å²) >= 11 is 0. The van der Waals surface area contributed by atoms with Gasteiger partial charge in [-0.25, -0.2) is 0 Å². The molecule has 2 nitrogen and oxygen atoms in total. The number of furan rings is 1. The molecule has 0 amide bonds. The fourth-order valence-corrected chi connectivity index (χ4v) is 9.75. The predicted octanol–water partition coefficient (Wildman–Crippen LogP) is 17.7. The van der Waals surface area contributed by atoms with Gasteiger partial charge in [0.25, 0.3) is 0 Å². The van der Waals surface area contributed by atoms with Crippen molar-refractivity contribution in [2.75, 3.05) is 4.90 Å². The zero-order chi connectivity index (χ0) is 42.4. The molecule has 0 saturated carbocycles. The zero-order valence-corrected chi connectivity index (χ0v) is 35.0. The summed E-state index contributed by atoms with van der Waals surface area (Å²) in [6.45, 7) is 0. The summed E-state index contributed by atoms with van der Waals surface area (Å²) in [5.41, 5.74) is 16.9. The maximum absolute atomic E-state index is 6.45. The van der Waals surface area contributed by atoms with Gasteiger partial charge in [-0.2, -0.15) is 0 Å². The van der Waals surface area contributed by atoms with Crippen LogP contribution >= 0.6 is 0 Å². The Labute approximate surface area is 372 Å². The molecule has 0 fully saturated rings. The Balaban J connectivity index is 0.980. The second-order valence-corrected chi connectivity index (χ2v) is 16.4. The van der Waals surface area contributed by atoms with Crippen LogP contribution in [0.4, 0.5) is 17.1 Å². The highest BCUT2D eigenvalue weighted by molar-refractivity contribution is 6.15. The van der Waals surface area contributed by atoms with Crippen LogP contribution in [-0.4, -0.2) is 0 Å². The molecule has 1 heterocycles. The van der Waals surface area contributed by atoms with Crippen LogP contribution in [0, 0.1) is 0 Å². The van der Waals surface area contributed by atoms with Crippen LogP contribution in [0.25, 0.3) is 99.1 Å². The van der Waals surface area contributed by atoms with Gasteiger partial charge >= 0.3 is 0 Å². The fraction of sp³-hybridized carbons (Fsp3) is 0. The number of nitrogens with zero attached hydrogens (tertiary/aromatic N) is 1. The van der Waals surface area contributed by atoms with Gasteiger partial charge in [0, 0.05) is 16.8 Å². The molecule has 0 N–H and O–H groups in total. The molecule has 0 spiro atoms. The first kappa shape index (κ1) is 37.3. The van der Waals surface area contributed by atoms with E-state index in [1.54, 1.807) is 0 Å². The first-order valence-electron chi connectivity index (χ1n) is 21.9. The molecule has 0 aliphatic carbocycles. The van der Waals surface area contributed by atoms with Gasteiger partial charge in [0.1, 0.15) is 11.2 Å². The van der Waals surface area contributed by atoms with Gasteiger partial charge in [-0.05, 0) is 126 Å². The van der Waals surface area contributed by atoms with Gasteiger partial charge in [-0.15, -0.1) is 0 Å². The molecule has 0 aliphatic heterocycles. The Morgan fingerprint density at radius 3 is 1.33 bits per heavy atom. The van der Waals surface area contributed by atoms with Gasteiger partial charge in [-0.3, -0.25) is 0 Å². The summed E-state index contributed by atoms with van der Waals surface area (Å²) in [4.78, 5) is 2.37. The monoisotopic (exact) mass is 815 g/mol. The first-order chi connectivity index (χ1) is 31.8.